The summed E-state index contributed by atoms with van der Waals surface area (Å²) in [5, 5.41) is 22.3. The van der Waals surface area contributed by atoms with Crippen LogP contribution in [0.4, 0.5) is 10.1 Å². The number of benzene rings is 2. The number of nitro groups is 1. The summed E-state index contributed by atoms with van der Waals surface area (Å²) < 4.78 is 22.3. The van der Waals surface area contributed by atoms with Crippen molar-refractivity contribution in [1.82, 2.24) is 0 Å². The molecule has 3 rings (SSSR count). The van der Waals surface area contributed by atoms with Crippen LogP contribution in [0, 0.1) is 10.1 Å². The zero-order chi connectivity index (χ0) is 24.4. The van der Waals surface area contributed by atoms with Gasteiger partial charge in [-0.1, -0.05) is 36.4 Å². The van der Waals surface area contributed by atoms with E-state index in [9.17, 15) is 24.8 Å². The highest BCUT2D eigenvalue weighted by molar-refractivity contribution is 5.92. The van der Waals surface area contributed by atoms with E-state index in [4.69, 9.17) is 4.74 Å². The molecule has 174 valence electrons. The lowest BCUT2D eigenvalue weighted by atomic mass is 9.63. The van der Waals surface area contributed by atoms with E-state index in [1.807, 2.05) is 0 Å². The molecule has 1 aliphatic carbocycles. The smallest absolute Gasteiger partial charge is 0.348 e. The van der Waals surface area contributed by atoms with Crippen molar-refractivity contribution in [2.45, 2.75) is 56.4 Å². The van der Waals surface area contributed by atoms with Crippen LogP contribution in [-0.2, 0) is 14.3 Å². The van der Waals surface area contributed by atoms with E-state index in [1.54, 1.807) is 51.1 Å². The summed E-state index contributed by atoms with van der Waals surface area (Å²) in [6, 6.07) is 13.6. The second-order valence-electron chi connectivity index (χ2n) is 9.20. The zero-order valence-corrected chi connectivity index (χ0v) is 18.7. The molecule has 0 spiro atoms. The number of aliphatic hydroxyl groups is 1. The van der Waals surface area contributed by atoms with Crippen LogP contribution in [0.1, 0.15) is 50.7 Å². The summed E-state index contributed by atoms with van der Waals surface area (Å²) >= 11 is 0. The molecule has 2 aromatic rings. The summed E-state index contributed by atoms with van der Waals surface area (Å²) in [6.07, 6.45) is 1.52. The Morgan fingerprint density at radius 2 is 1.79 bits per heavy atom. The minimum absolute atomic E-state index is 0.128. The summed E-state index contributed by atoms with van der Waals surface area (Å²) in [7, 11) is 0. The molecule has 0 aliphatic heterocycles. The third-order valence-electron chi connectivity index (χ3n) is 5.56. The van der Waals surface area contributed by atoms with Crippen molar-refractivity contribution in [3.8, 4) is 0 Å². The molecular weight excluding hydrogens is 429 g/mol. The van der Waals surface area contributed by atoms with E-state index < -0.39 is 45.9 Å². The Labute approximate surface area is 191 Å². The molecule has 0 amide bonds. The molecule has 0 saturated heterocycles. The third-order valence-corrected chi connectivity index (χ3v) is 5.56. The van der Waals surface area contributed by atoms with Gasteiger partial charge in [0.25, 0.3) is 5.69 Å². The lowest BCUT2D eigenvalue weighted by molar-refractivity contribution is -0.384. The quantitative estimate of drug-likeness (QED) is 0.403. The van der Waals surface area contributed by atoms with Gasteiger partial charge in [-0.2, -0.15) is 0 Å². The topological polar surface area (TPSA) is 107 Å². The fourth-order valence-corrected chi connectivity index (χ4v) is 4.00. The Morgan fingerprint density at radius 1 is 1.18 bits per heavy atom. The molecule has 33 heavy (non-hydrogen) atoms. The molecule has 1 N–H and O–H groups in total. The molecule has 0 radical (unpaired) electrons. The van der Waals surface area contributed by atoms with Gasteiger partial charge in [0.05, 0.1) is 4.92 Å². The summed E-state index contributed by atoms with van der Waals surface area (Å²) in [4.78, 5) is 36.1. The first-order valence-electron chi connectivity index (χ1n) is 10.5. The zero-order valence-electron chi connectivity index (χ0n) is 18.7. The van der Waals surface area contributed by atoms with Crippen molar-refractivity contribution in [2.24, 2.45) is 0 Å². The molecule has 1 saturated carbocycles. The van der Waals surface area contributed by atoms with Gasteiger partial charge in [0, 0.05) is 30.9 Å². The minimum Gasteiger partial charge on any atom is -0.457 e. The molecule has 7 nitrogen and oxygen atoms in total. The molecule has 1 fully saturated rings. The van der Waals surface area contributed by atoms with Crippen LogP contribution in [0.3, 0.4) is 0 Å². The Balaban J connectivity index is 2.09. The average Bonchev–Trinajstić information content (AvgIpc) is 2.74. The fourth-order valence-electron chi connectivity index (χ4n) is 4.00. The Kier molecular flexibility index (Phi) is 6.51. The number of nitro benzene ring substituents is 1. The van der Waals surface area contributed by atoms with Crippen molar-refractivity contribution in [3.05, 3.63) is 81.9 Å². The van der Waals surface area contributed by atoms with E-state index in [0.717, 1.165) is 6.08 Å². The highest BCUT2D eigenvalue weighted by atomic mass is 19.1. The molecule has 8 heteroatoms. The van der Waals surface area contributed by atoms with Gasteiger partial charge in [-0.05, 0) is 50.1 Å². The van der Waals surface area contributed by atoms with Crippen LogP contribution >= 0.6 is 0 Å². The van der Waals surface area contributed by atoms with E-state index in [0.29, 0.717) is 11.1 Å². The van der Waals surface area contributed by atoms with E-state index >= 15 is 4.39 Å². The number of carbonyl (C=O) groups is 2. The normalized spacial score (nSPS) is 25.7. The first kappa shape index (κ1) is 24.3. The van der Waals surface area contributed by atoms with Gasteiger partial charge in [-0.3, -0.25) is 14.9 Å². The van der Waals surface area contributed by atoms with E-state index in [-0.39, 0.29) is 12.1 Å². The summed E-state index contributed by atoms with van der Waals surface area (Å²) in [5.74, 6) is -2.93. The fraction of sp³-hybridized carbons (Fsp3) is 0.360. The van der Waals surface area contributed by atoms with Gasteiger partial charge in [0.15, 0.2) is 0 Å². The Bertz CT molecular complexity index is 1080. The summed E-state index contributed by atoms with van der Waals surface area (Å²) in [5.41, 5.74) is -5.78. The predicted molar refractivity (Wildman–Crippen MR) is 120 cm³/mol. The number of hydrogen-bond acceptors (Lipinski definition) is 6. The van der Waals surface area contributed by atoms with Crippen molar-refractivity contribution < 1.29 is 28.7 Å². The van der Waals surface area contributed by atoms with Gasteiger partial charge in [-0.25, -0.2) is 9.18 Å². The number of rotatable bonds is 5. The second kappa shape index (κ2) is 8.86. The third kappa shape index (κ3) is 5.01. The largest absolute Gasteiger partial charge is 0.457 e. The molecule has 3 atom stereocenters. The number of hydrogen-bond donors (Lipinski definition) is 1. The number of nitrogens with zero attached hydrogens (tertiary/aromatic N) is 1. The van der Waals surface area contributed by atoms with Crippen LogP contribution in [0.25, 0.3) is 6.08 Å². The number of non-ortho nitro benzene ring substituents is 1. The predicted octanol–water partition coefficient (Wildman–Crippen LogP) is 4.54. The number of ether oxygens (including phenoxy) is 1. The van der Waals surface area contributed by atoms with Crippen molar-refractivity contribution in [1.29, 1.82) is 0 Å². The maximum Gasteiger partial charge on any atom is 0.348 e. The number of carbonyl (C=O) groups excluding carboxylic acids is 2. The summed E-state index contributed by atoms with van der Waals surface area (Å²) in [6.45, 7) is 4.77. The minimum atomic E-state index is -2.95. The number of esters is 1. The van der Waals surface area contributed by atoms with E-state index in [2.05, 4.69) is 0 Å². The maximum absolute atomic E-state index is 16.9. The van der Waals surface area contributed by atoms with E-state index in [1.165, 1.54) is 30.3 Å². The lowest BCUT2D eigenvalue weighted by Gasteiger charge is -2.46. The Morgan fingerprint density at radius 3 is 2.33 bits per heavy atom. The molecule has 0 bridgehead atoms. The monoisotopic (exact) mass is 455 g/mol. The first-order valence-corrected chi connectivity index (χ1v) is 10.5. The number of Topliss-reactive ketones (excluding diaryl/α,β-unsaturated/α-hetero) is 1. The van der Waals surface area contributed by atoms with Gasteiger partial charge >= 0.3 is 5.97 Å². The SMILES string of the molecule is CC(C)(C)OC(=O)[C@@]1(F)[C@H](c2ccccc2)CC(=O)C[C@]1(O)/C=C/c1ccc([N+](=O)[O-])cc1. The molecule has 0 heterocycles. The van der Waals surface area contributed by atoms with Gasteiger partial charge in [-0.15, -0.1) is 0 Å². The Hall–Kier alpha value is -3.39. The molecular formula is C25H26FNO6. The van der Waals surface area contributed by atoms with Crippen LogP contribution in [0.5, 0.6) is 0 Å². The number of halogens is 1. The number of ketones is 1. The van der Waals surface area contributed by atoms with Crippen LogP contribution in [0.15, 0.2) is 60.7 Å². The van der Waals surface area contributed by atoms with Crippen LogP contribution < -0.4 is 0 Å². The highest BCUT2D eigenvalue weighted by Crippen LogP contribution is 2.50. The van der Waals surface area contributed by atoms with Crippen molar-refractivity contribution >= 4 is 23.5 Å². The first-order chi connectivity index (χ1) is 15.4. The van der Waals surface area contributed by atoms with Gasteiger partial charge in [0.1, 0.15) is 17.0 Å². The van der Waals surface area contributed by atoms with Crippen molar-refractivity contribution in [3.63, 3.8) is 0 Å². The lowest BCUT2D eigenvalue weighted by Crippen LogP contribution is -2.63. The van der Waals surface area contributed by atoms with Crippen LogP contribution in [-0.4, -0.2) is 38.7 Å². The molecule has 2 aromatic carbocycles. The molecule has 1 aliphatic rings. The van der Waals surface area contributed by atoms with Crippen molar-refractivity contribution in [2.75, 3.05) is 0 Å². The van der Waals surface area contributed by atoms with Crippen LogP contribution in [0.2, 0.25) is 0 Å². The molecule has 0 unspecified atom stereocenters. The molecule has 0 aromatic heterocycles. The van der Waals surface area contributed by atoms with Gasteiger partial charge in [0.2, 0.25) is 5.67 Å². The standard InChI is InChI=1S/C25H26FNO6/c1-23(2,3)33-22(29)25(26)21(18-7-5-4-6-8-18)15-20(28)16-24(25,30)14-13-17-9-11-19(12-10-17)27(31)32/h4-14,21,30H,15-16H2,1-3H3/b14-13+/t21-,24+,25-/m0/s1. The second-order valence-corrected chi connectivity index (χ2v) is 9.20. The maximum atomic E-state index is 16.9. The number of alkyl halides is 1. The average molecular weight is 455 g/mol. The highest BCUT2D eigenvalue weighted by Gasteiger charge is 2.66. The van der Waals surface area contributed by atoms with Gasteiger partial charge < -0.3 is 9.84 Å².